The zero-order valence-corrected chi connectivity index (χ0v) is 16.6. The van der Waals surface area contributed by atoms with Gasteiger partial charge in [-0.1, -0.05) is 25.5 Å². The van der Waals surface area contributed by atoms with Gasteiger partial charge >= 0.3 is 0 Å². The SMILES string of the molecule is CCCCOc1cccc(C(O)=C2C(=O)C(=O)N(CCOC)C2c2ccco2)c1. The van der Waals surface area contributed by atoms with Crippen LogP contribution in [-0.2, 0) is 14.3 Å². The predicted octanol–water partition coefficient (Wildman–Crippen LogP) is 3.53. The van der Waals surface area contributed by atoms with Crippen LogP contribution in [0.5, 0.6) is 5.75 Å². The molecule has 1 atom stereocenters. The second kappa shape index (κ2) is 9.43. The standard InChI is InChI=1S/C22H25NO6/c1-3-4-11-28-16-8-5-7-15(14-16)20(24)18-19(17-9-6-12-29-17)23(10-13-27-2)22(26)21(18)25/h5-9,12,14,19,24H,3-4,10-11,13H2,1-2H3. The number of hydrogen-bond acceptors (Lipinski definition) is 6. The molecule has 1 aromatic heterocycles. The van der Waals surface area contributed by atoms with E-state index in [2.05, 4.69) is 6.92 Å². The lowest BCUT2D eigenvalue weighted by molar-refractivity contribution is -0.140. The van der Waals surface area contributed by atoms with Gasteiger partial charge in [0.1, 0.15) is 23.3 Å². The van der Waals surface area contributed by atoms with Crippen LogP contribution in [0.3, 0.4) is 0 Å². The van der Waals surface area contributed by atoms with Crippen molar-refractivity contribution in [3.05, 3.63) is 59.6 Å². The first kappa shape index (κ1) is 20.7. The molecule has 2 aromatic rings. The molecule has 0 saturated carbocycles. The monoisotopic (exact) mass is 399 g/mol. The summed E-state index contributed by atoms with van der Waals surface area (Å²) in [6.07, 6.45) is 3.39. The molecule has 7 heteroatoms. The molecule has 0 spiro atoms. The van der Waals surface area contributed by atoms with Gasteiger partial charge in [-0.3, -0.25) is 9.59 Å². The molecule has 2 heterocycles. The van der Waals surface area contributed by atoms with Gasteiger partial charge in [0.25, 0.3) is 11.7 Å². The number of carbonyl (C=O) groups is 2. The average molecular weight is 399 g/mol. The molecule has 1 fully saturated rings. The number of unbranched alkanes of at least 4 members (excludes halogenated alkanes) is 1. The van der Waals surface area contributed by atoms with Crippen LogP contribution in [0.15, 0.2) is 52.7 Å². The molecule has 0 bridgehead atoms. The zero-order chi connectivity index (χ0) is 20.8. The van der Waals surface area contributed by atoms with Crippen LogP contribution in [0.2, 0.25) is 0 Å². The molecule has 7 nitrogen and oxygen atoms in total. The van der Waals surface area contributed by atoms with E-state index < -0.39 is 17.7 Å². The van der Waals surface area contributed by atoms with Crippen molar-refractivity contribution >= 4 is 17.4 Å². The number of amides is 1. The van der Waals surface area contributed by atoms with E-state index in [1.165, 1.54) is 18.3 Å². The number of methoxy groups -OCH3 is 1. The minimum absolute atomic E-state index is 0.00763. The maximum absolute atomic E-state index is 12.8. The highest BCUT2D eigenvalue weighted by Gasteiger charge is 2.47. The molecule has 1 aliphatic heterocycles. The topological polar surface area (TPSA) is 89.2 Å². The normalized spacial score (nSPS) is 18.4. The second-order valence-electron chi connectivity index (χ2n) is 6.73. The molecule has 1 aromatic carbocycles. The van der Waals surface area contributed by atoms with Crippen LogP contribution >= 0.6 is 0 Å². The highest BCUT2D eigenvalue weighted by atomic mass is 16.5. The fraction of sp³-hybridized carbons (Fsp3) is 0.364. The largest absolute Gasteiger partial charge is 0.507 e. The van der Waals surface area contributed by atoms with E-state index in [1.807, 2.05) is 0 Å². The van der Waals surface area contributed by atoms with Crippen molar-refractivity contribution in [2.45, 2.75) is 25.8 Å². The Labute approximate surface area is 169 Å². The smallest absolute Gasteiger partial charge is 0.295 e. The molecule has 1 unspecified atom stereocenters. The van der Waals surface area contributed by atoms with E-state index in [0.717, 1.165) is 12.8 Å². The molecule has 3 rings (SSSR count). The molecule has 29 heavy (non-hydrogen) atoms. The second-order valence-corrected chi connectivity index (χ2v) is 6.73. The van der Waals surface area contributed by atoms with Crippen LogP contribution in [-0.4, -0.2) is 48.6 Å². The van der Waals surface area contributed by atoms with Crippen LogP contribution in [0.4, 0.5) is 0 Å². The number of carbonyl (C=O) groups excluding carboxylic acids is 2. The van der Waals surface area contributed by atoms with Crippen LogP contribution in [0, 0.1) is 0 Å². The third-order valence-electron chi connectivity index (χ3n) is 4.76. The van der Waals surface area contributed by atoms with Gasteiger partial charge in [0.2, 0.25) is 0 Å². The molecular formula is C22H25NO6. The Hall–Kier alpha value is -3.06. The Bertz CT molecular complexity index is 886. The van der Waals surface area contributed by atoms with Gasteiger partial charge < -0.3 is 23.9 Å². The first-order valence-corrected chi connectivity index (χ1v) is 9.62. The maximum atomic E-state index is 12.8. The number of furan rings is 1. The molecule has 0 radical (unpaired) electrons. The summed E-state index contributed by atoms with van der Waals surface area (Å²) in [5.74, 6) is -0.717. The molecule has 0 aliphatic carbocycles. The number of benzene rings is 1. The minimum atomic E-state index is -0.815. The van der Waals surface area contributed by atoms with E-state index >= 15 is 0 Å². The first-order valence-electron chi connectivity index (χ1n) is 9.62. The molecule has 1 N–H and O–H groups in total. The van der Waals surface area contributed by atoms with Gasteiger partial charge in [0.05, 0.1) is 25.1 Å². The number of rotatable bonds is 9. The van der Waals surface area contributed by atoms with Crippen LogP contribution < -0.4 is 4.74 Å². The highest BCUT2D eigenvalue weighted by Crippen LogP contribution is 2.39. The molecule has 1 amide bonds. The third kappa shape index (κ3) is 4.35. The third-order valence-corrected chi connectivity index (χ3v) is 4.76. The number of ether oxygens (including phenoxy) is 2. The van der Waals surface area contributed by atoms with E-state index in [1.54, 1.807) is 36.4 Å². The fourth-order valence-electron chi connectivity index (χ4n) is 3.27. The summed E-state index contributed by atoms with van der Waals surface area (Å²) in [5.41, 5.74) is 0.395. The molecular weight excluding hydrogens is 374 g/mol. The van der Waals surface area contributed by atoms with Crippen molar-refractivity contribution in [3.8, 4) is 5.75 Å². The van der Waals surface area contributed by atoms with Crippen molar-refractivity contribution in [1.82, 2.24) is 4.90 Å². The number of nitrogens with zero attached hydrogens (tertiary/aromatic N) is 1. The Morgan fingerprint density at radius 1 is 1.21 bits per heavy atom. The summed E-state index contributed by atoms with van der Waals surface area (Å²) in [6, 6.07) is 9.38. The van der Waals surface area contributed by atoms with Gasteiger partial charge in [-0.15, -0.1) is 0 Å². The number of likely N-dealkylation sites (tertiary alicyclic amines) is 1. The van der Waals surface area contributed by atoms with E-state index in [4.69, 9.17) is 13.9 Å². The number of Topliss-reactive ketones (excluding diaryl/α,β-unsaturated/α-hetero) is 1. The highest BCUT2D eigenvalue weighted by molar-refractivity contribution is 6.46. The van der Waals surface area contributed by atoms with Gasteiger partial charge in [-0.2, -0.15) is 0 Å². The number of aliphatic hydroxyl groups is 1. The summed E-state index contributed by atoms with van der Waals surface area (Å²) >= 11 is 0. The Kier molecular flexibility index (Phi) is 6.72. The summed E-state index contributed by atoms with van der Waals surface area (Å²) < 4.78 is 16.2. The van der Waals surface area contributed by atoms with Gasteiger partial charge in [0.15, 0.2) is 0 Å². The molecule has 1 aliphatic rings. The maximum Gasteiger partial charge on any atom is 0.295 e. The van der Waals surface area contributed by atoms with Crippen molar-refractivity contribution in [3.63, 3.8) is 0 Å². The number of ketones is 1. The van der Waals surface area contributed by atoms with E-state index in [0.29, 0.717) is 23.7 Å². The first-order chi connectivity index (χ1) is 14.1. The summed E-state index contributed by atoms with van der Waals surface area (Å²) in [7, 11) is 1.52. The predicted molar refractivity (Wildman–Crippen MR) is 106 cm³/mol. The Morgan fingerprint density at radius 3 is 2.72 bits per heavy atom. The summed E-state index contributed by atoms with van der Waals surface area (Å²) in [6.45, 7) is 3.09. The minimum Gasteiger partial charge on any atom is -0.507 e. The van der Waals surface area contributed by atoms with Gasteiger partial charge in [0, 0.05) is 19.2 Å². The van der Waals surface area contributed by atoms with E-state index in [9.17, 15) is 14.7 Å². The van der Waals surface area contributed by atoms with Crippen LogP contribution in [0.1, 0.15) is 37.1 Å². The number of hydrogen-bond donors (Lipinski definition) is 1. The quantitative estimate of drug-likeness (QED) is 0.300. The van der Waals surface area contributed by atoms with Gasteiger partial charge in [-0.25, -0.2) is 0 Å². The van der Waals surface area contributed by atoms with Crippen molar-refractivity contribution in [2.24, 2.45) is 0 Å². The van der Waals surface area contributed by atoms with Crippen molar-refractivity contribution < 1.29 is 28.6 Å². The zero-order valence-electron chi connectivity index (χ0n) is 16.6. The number of aliphatic hydroxyl groups excluding tert-OH is 1. The van der Waals surface area contributed by atoms with E-state index in [-0.39, 0.29) is 24.5 Å². The molecule has 154 valence electrons. The van der Waals surface area contributed by atoms with Crippen molar-refractivity contribution in [2.75, 3.05) is 26.9 Å². The lowest BCUT2D eigenvalue weighted by Crippen LogP contribution is -2.32. The van der Waals surface area contributed by atoms with Crippen LogP contribution in [0.25, 0.3) is 5.76 Å². The summed E-state index contributed by atoms with van der Waals surface area (Å²) in [5, 5.41) is 11.0. The lowest BCUT2D eigenvalue weighted by atomic mass is 9.99. The average Bonchev–Trinajstić information content (AvgIpc) is 3.34. The van der Waals surface area contributed by atoms with Gasteiger partial charge in [-0.05, 0) is 30.7 Å². The summed E-state index contributed by atoms with van der Waals surface area (Å²) in [4.78, 5) is 26.7. The van der Waals surface area contributed by atoms with Crippen molar-refractivity contribution in [1.29, 1.82) is 0 Å². The Morgan fingerprint density at radius 2 is 2.03 bits per heavy atom. The lowest BCUT2D eigenvalue weighted by Gasteiger charge is -2.22. The molecule has 1 saturated heterocycles. The fourth-order valence-corrected chi connectivity index (χ4v) is 3.27. The Balaban J connectivity index is 2.01.